The maximum absolute atomic E-state index is 11.2. The molecule has 1 N–H and O–H groups in total. The standard InChI is InChI=1S/C10H16N2O2/c1-4-11-10(13)6-5-9-7(2)12-14-8(9)3/h4-6H2,1-3H3,(H,11,13). The van der Waals surface area contributed by atoms with Crippen LogP contribution in [0.1, 0.15) is 30.4 Å². The van der Waals surface area contributed by atoms with E-state index >= 15 is 0 Å². The van der Waals surface area contributed by atoms with Gasteiger partial charge in [0.1, 0.15) is 5.76 Å². The number of aromatic nitrogens is 1. The molecule has 0 aliphatic carbocycles. The van der Waals surface area contributed by atoms with Crippen LogP contribution in [0.5, 0.6) is 0 Å². The van der Waals surface area contributed by atoms with Crippen LogP contribution in [0.2, 0.25) is 0 Å². The lowest BCUT2D eigenvalue weighted by Gasteiger charge is -2.01. The zero-order chi connectivity index (χ0) is 10.6. The molecule has 1 rings (SSSR count). The van der Waals surface area contributed by atoms with Crippen molar-refractivity contribution in [1.29, 1.82) is 0 Å². The molecule has 0 aromatic carbocycles. The summed E-state index contributed by atoms with van der Waals surface area (Å²) in [5.74, 6) is 0.888. The van der Waals surface area contributed by atoms with Crippen molar-refractivity contribution in [3.8, 4) is 0 Å². The van der Waals surface area contributed by atoms with Crippen molar-refractivity contribution in [3.05, 3.63) is 17.0 Å². The average Bonchev–Trinajstić information content (AvgIpc) is 2.44. The van der Waals surface area contributed by atoms with Gasteiger partial charge in [-0.25, -0.2) is 0 Å². The number of carbonyl (C=O) groups is 1. The topological polar surface area (TPSA) is 55.1 Å². The fraction of sp³-hybridized carbons (Fsp3) is 0.600. The third-order valence-corrected chi connectivity index (χ3v) is 2.16. The van der Waals surface area contributed by atoms with E-state index in [1.165, 1.54) is 0 Å². The second-order valence-electron chi connectivity index (χ2n) is 3.26. The Morgan fingerprint density at radius 1 is 1.50 bits per heavy atom. The molecule has 0 bridgehead atoms. The summed E-state index contributed by atoms with van der Waals surface area (Å²) in [5, 5.41) is 6.59. The third kappa shape index (κ3) is 2.58. The van der Waals surface area contributed by atoms with Crippen molar-refractivity contribution >= 4 is 5.91 Å². The van der Waals surface area contributed by atoms with Gasteiger partial charge in [0, 0.05) is 18.5 Å². The van der Waals surface area contributed by atoms with E-state index in [4.69, 9.17) is 4.52 Å². The van der Waals surface area contributed by atoms with Crippen LogP contribution in [0.25, 0.3) is 0 Å². The molecule has 0 atom stereocenters. The molecular formula is C10H16N2O2. The first-order valence-electron chi connectivity index (χ1n) is 4.83. The van der Waals surface area contributed by atoms with Gasteiger partial charge in [0.15, 0.2) is 0 Å². The van der Waals surface area contributed by atoms with Crippen LogP contribution in [0.3, 0.4) is 0 Å². The van der Waals surface area contributed by atoms with E-state index < -0.39 is 0 Å². The SMILES string of the molecule is CCNC(=O)CCc1c(C)noc1C. The van der Waals surface area contributed by atoms with E-state index in [0.717, 1.165) is 17.0 Å². The molecule has 0 saturated heterocycles. The van der Waals surface area contributed by atoms with Gasteiger partial charge in [-0.2, -0.15) is 0 Å². The van der Waals surface area contributed by atoms with Gasteiger partial charge >= 0.3 is 0 Å². The Morgan fingerprint density at radius 2 is 2.21 bits per heavy atom. The average molecular weight is 196 g/mol. The van der Waals surface area contributed by atoms with Crippen LogP contribution < -0.4 is 5.32 Å². The third-order valence-electron chi connectivity index (χ3n) is 2.16. The van der Waals surface area contributed by atoms with Crippen LogP contribution in [0.4, 0.5) is 0 Å². The smallest absolute Gasteiger partial charge is 0.220 e. The number of aryl methyl sites for hydroxylation is 2. The summed E-state index contributed by atoms with van der Waals surface area (Å²) in [6, 6.07) is 0. The fourth-order valence-corrected chi connectivity index (χ4v) is 1.38. The van der Waals surface area contributed by atoms with Gasteiger partial charge in [-0.05, 0) is 27.2 Å². The summed E-state index contributed by atoms with van der Waals surface area (Å²) in [4.78, 5) is 11.2. The lowest BCUT2D eigenvalue weighted by Crippen LogP contribution is -2.22. The van der Waals surface area contributed by atoms with Gasteiger partial charge in [0.25, 0.3) is 0 Å². The van der Waals surface area contributed by atoms with Gasteiger partial charge < -0.3 is 9.84 Å². The summed E-state index contributed by atoms with van der Waals surface area (Å²) in [6.07, 6.45) is 1.20. The molecule has 1 heterocycles. The Labute approximate surface area is 83.7 Å². The molecular weight excluding hydrogens is 180 g/mol. The minimum absolute atomic E-state index is 0.0764. The predicted octanol–water partition coefficient (Wildman–Crippen LogP) is 1.36. The van der Waals surface area contributed by atoms with Crippen LogP contribution in [0, 0.1) is 13.8 Å². The van der Waals surface area contributed by atoms with Crippen LogP contribution >= 0.6 is 0 Å². The van der Waals surface area contributed by atoms with Crippen molar-refractivity contribution in [1.82, 2.24) is 10.5 Å². The highest BCUT2D eigenvalue weighted by Gasteiger charge is 2.10. The number of hydrogen-bond donors (Lipinski definition) is 1. The van der Waals surface area contributed by atoms with E-state index in [1.807, 2.05) is 20.8 Å². The van der Waals surface area contributed by atoms with Gasteiger partial charge in [-0.15, -0.1) is 0 Å². The number of carbonyl (C=O) groups excluding carboxylic acids is 1. The number of rotatable bonds is 4. The molecule has 1 aromatic rings. The molecule has 4 heteroatoms. The van der Waals surface area contributed by atoms with Crippen LogP contribution in [-0.4, -0.2) is 17.6 Å². The van der Waals surface area contributed by atoms with Crippen molar-refractivity contribution in [2.45, 2.75) is 33.6 Å². The molecule has 0 saturated carbocycles. The minimum Gasteiger partial charge on any atom is -0.361 e. The van der Waals surface area contributed by atoms with Gasteiger partial charge in [-0.3, -0.25) is 4.79 Å². The largest absolute Gasteiger partial charge is 0.361 e. The van der Waals surface area contributed by atoms with Crippen molar-refractivity contribution in [2.24, 2.45) is 0 Å². The molecule has 0 radical (unpaired) electrons. The first-order valence-corrected chi connectivity index (χ1v) is 4.83. The van der Waals surface area contributed by atoms with Crippen molar-refractivity contribution in [2.75, 3.05) is 6.54 Å². The Hall–Kier alpha value is -1.32. The Kier molecular flexibility index (Phi) is 3.68. The summed E-state index contributed by atoms with van der Waals surface area (Å²) in [6.45, 7) is 6.35. The van der Waals surface area contributed by atoms with E-state index in [1.54, 1.807) is 0 Å². The second kappa shape index (κ2) is 4.79. The quantitative estimate of drug-likeness (QED) is 0.791. The van der Waals surface area contributed by atoms with Gasteiger partial charge in [-0.1, -0.05) is 5.16 Å². The summed E-state index contributed by atoms with van der Waals surface area (Å²) in [5.41, 5.74) is 1.93. The van der Waals surface area contributed by atoms with E-state index in [-0.39, 0.29) is 5.91 Å². The van der Waals surface area contributed by atoms with Crippen LogP contribution in [0.15, 0.2) is 4.52 Å². The first-order chi connectivity index (χ1) is 6.65. The Balaban J connectivity index is 2.49. The van der Waals surface area contributed by atoms with Crippen molar-refractivity contribution in [3.63, 3.8) is 0 Å². The lowest BCUT2D eigenvalue weighted by atomic mass is 10.1. The summed E-state index contributed by atoms with van der Waals surface area (Å²) < 4.78 is 5.01. The highest BCUT2D eigenvalue weighted by molar-refractivity contribution is 5.76. The van der Waals surface area contributed by atoms with Crippen LogP contribution in [-0.2, 0) is 11.2 Å². The van der Waals surface area contributed by atoms with Crippen molar-refractivity contribution < 1.29 is 9.32 Å². The molecule has 0 fully saturated rings. The molecule has 0 spiro atoms. The zero-order valence-electron chi connectivity index (χ0n) is 8.89. The zero-order valence-corrected chi connectivity index (χ0v) is 8.89. The Morgan fingerprint density at radius 3 is 2.71 bits per heavy atom. The summed E-state index contributed by atoms with van der Waals surface area (Å²) in [7, 11) is 0. The maximum Gasteiger partial charge on any atom is 0.220 e. The number of nitrogens with zero attached hydrogens (tertiary/aromatic N) is 1. The predicted molar refractivity (Wildman–Crippen MR) is 53.0 cm³/mol. The van der Waals surface area contributed by atoms with Gasteiger partial charge in [0.2, 0.25) is 5.91 Å². The molecule has 14 heavy (non-hydrogen) atoms. The second-order valence-corrected chi connectivity index (χ2v) is 3.26. The molecule has 0 aliphatic rings. The van der Waals surface area contributed by atoms with E-state index in [2.05, 4.69) is 10.5 Å². The highest BCUT2D eigenvalue weighted by atomic mass is 16.5. The molecule has 4 nitrogen and oxygen atoms in total. The highest BCUT2D eigenvalue weighted by Crippen LogP contribution is 2.13. The lowest BCUT2D eigenvalue weighted by molar-refractivity contribution is -0.120. The normalized spacial score (nSPS) is 10.2. The van der Waals surface area contributed by atoms with Gasteiger partial charge in [0.05, 0.1) is 5.69 Å². The maximum atomic E-state index is 11.2. The number of hydrogen-bond acceptors (Lipinski definition) is 3. The molecule has 1 amide bonds. The number of amides is 1. The monoisotopic (exact) mass is 196 g/mol. The molecule has 0 unspecified atom stereocenters. The fourth-order valence-electron chi connectivity index (χ4n) is 1.38. The van der Waals surface area contributed by atoms with E-state index in [9.17, 15) is 4.79 Å². The minimum atomic E-state index is 0.0764. The first kappa shape index (κ1) is 10.8. The summed E-state index contributed by atoms with van der Waals surface area (Å²) >= 11 is 0. The molecule has 78 valence electrons. The van der Waals surface area contributed by atoms with E-state index in [0.29, 0.717) is 19.4 Å². The molecule has 0 aliphatic heterocycles. The Bertz CT molecular complexity index is 298. The molecule has 1 aromatic heterocycles. The number of nitrogens with one attached hydrogen (secondary N) is 1.